The molecule has 1 atom stereocenters. The fourth-order valence-corrected chi connectivity index (χ4v) is 2.43. The molecule has 100 valence electrons. The van der Waals surface area contributed by atoms with E-state index in [4.69, 9.17) is 17.1 Å². The molecule has 1 aliphatic rings. The summed E-state index contributed by atoms with van der Waals surface area (Å²) in [5, 5.41) is 13.2. The van der Waals surface area contributed by atoms with Crippen LogP contribution >= 0.6 is 11.6 Å². The average molecular weight is 281 g/mol. The molecular formula is C12H13ClN4O2. The van der Waals surface area contributed by atoms with E-state index in [0.717, 1.165) is 12.8 Å². The van der Waals surface area contributed by atoms with Crippen LogP contribution in [0.4, 0.5) is 5.69 Å². The number of hydrogen-bond acceptors (Lipinski definition) is 3. The van der Waals surface area contributed by atoms with Crippen LogP contribution in [-0.4, -0.2) is 35.1 Å². The molecule has 0 aliphatic carbocycles. The van der Waals surface area contributed by atoms with Crippen molar-refractivity contribution in [3.63, 3.8) is 0 Å². The van der Waals surface area contributed by atoms with Crippen molar-refractivity contribution in [1.82, 2.24) is 4.90 Å². The molecule has 7 heteroatoms. The first-order chi connectivity index (χ1) is 9.17. The summed E-state index contributed by atoms with van der Waals surface area (Å²) in [7, 11) is 0. The lowest BCUT2D eigenvalue weighted by Crippen LogP contribution is -2.37. The summed E-state index contributed by atoms with van der Waals surface area (Å²) in [4.78, 5) is 16.7. The van der Waals surface area contributed by atoms with E-state index in [2.05, 4.69) is 10.0 Å². The van der Waals surface area contributed by atoms with Crippen molar-refractivity contribution < 1.29 is 9.90 Å². The van der Waals surface area contributed by atoms with Gasteiger partial charge in [-0.2, -0.15) is 0 Å². The number of likely N-dealkylation sites (tertiary alicyclic amines) is 1. The van der Waals surface area contributed by atoms with Crippen molar-refractivity contribution in [2.75, 3.05) is 13.2 Å². The third kappa shape index (κ3) is 2.81. The first kappa shape index (κ1) is 13.7. The van der Waals surface area contributed by atoms with E-state index in [1.807, 2.05) is 0 Å². The molecule has 6 nitrogen and oxygen atoms in total. The van der Waals surface area contributed by atoms with Gasteiger partial charge in [0.2, 0.25) is 0 Å². The number of halogens is 1. The van der Waals surface area contributed by atoms with Gasteiger partial charge < -0.3 is 10.0 Å². The molecule has 1 N–H and O–H groups in total. The number of carbonyl (C=O) groups is 1. The molecule has 2 rings (SSSR count). The fourth-order valence-electron chi connectivity index (χ4n) is 2.26. The Bertz CT molecular complexity index is 543. The molecule has 0 radical (unpaired) electrons. The summed E-state index contributed by atoms with van der Waals surface area (Å²) < 4.78 is 0. The van der Waals surface area contributed by atoms with Crippen LogP contribution in [0.3, 0.4) is 0 Å². The highest BCUT2D eigenvalue weighted by molar-refractivity contribution is 6.31. The number of aliphatic hydroxyl groups excluding tert-OH is 1. The SMILES string of the molecule is [N-]=[N+]=Nc1ccc(Cl)cc1C(=O)N1CCC[C@H]1CO. The van der Waals surface area contributed by atoms with Crippen LogP contribution in [0, 0.1) is 0 Å². The topological polar surface area (TPSA) is 89.3 Å². The van der Waals surface area contributed by atoms with Crippen molar-refractivity contribution in [3.05, 3.63) is 39.2 Å². The predicted molar refractivity (Wildman–Crippen MR) is 71.4 cm³/mol. The zero-order chi connectivity index (χ0) is 13.8. The minimum absolute atomic E-state index is 0.0663. The van der Waals surface area contributed by atoms with Gasteiger partial charge in [-0.15, -0.1) is 0 Å². The highest BCUT2D eigenvalue weighted by Crippen LogP contribution is 2.28. The largest absolute Gasteiger partial charge is 0.394 e. The Hall–Kier alpha value is -1.75. The molecule has 0 saturated carbocycles. The predicted octanol–water partition coefficient (Wildman–Crippen LogP) is 2.88. The van der Waals surface area contributed by atoms with E-state index in [9.17, 15) is 9.90 Å². The number of aliphatic hydroxyl groups is 1. The number of nitrogens with zero attached hydrogens (tertiary/aromatic N) is 4. The van der Waals surface area contributed by atoms with Crippen molar-refractivity contribution >= 4 is 23.2 Å². The Morgan fingerprint density at radius 3 is 3.11 bits per heavy atom. The van der Waals surface area contributed by atoms with Gasteiger partial charge in [0, 0.05) is 16.5 Å². The smallest absolute Gasteiger partial charge is 0.254 e. The Kier molecular flexibility index (Phi) is 4.27. The van der Waals surface area contributed by atoms with Gasteiger partial charge >= 0.3 is 0 Å². The van der Waals surface area contributed by atoms with E-state index in [1.54, 1.807) is 11.0 Å². The number of benzene rings is 1. The fraction of sp³-hybridized carbons (Fsp3) is 0.417. The average Bonchev–Trinajstić information content (AvgIpc) is 2.88. The number of rotatable bonds is 3. The van der Waals surface area contributed by atoms with Crippen molar-refractivity contribution in [1.29, 1.82) is 0 Å². The first-order valence-electron chi connectivity index (χ1n) is 5.94. The van der Waals surface area contributed by atoms with Crippen LogP contribution in [0.25, 0.3) is 10.4 Å². The normalized spacial score (nSPS) is 18.2. The molecule has 0 aromatic heterocycles. The summed E-state index contributed by atoms with van der Waals surface area (Å²) >= 11 is 5.88. The Morgan fingerprint density at radius 1 is 1.63 bits per heavy atom. The summed E-state index contributed by atoms with van der Waals surface area (Å²) in [5.41, 5.74) is 9.04. The molecule has 0 bridgehead atoms. The van der Waals surface area contributed by atoms with Gasteiger partial charge in [0.1, 0.15) is 0 Å². The second-order valence-electron chi connectivity index (χ2n) is 4.33. The molecule has 0 spiro atoms. The van der Waals surface area contributed by atoms with E-state index < -0.39 is 0 Å². The lowest BCUT2D eigenvalue weighted by atomic mass is 10.1. The molecule has 1 aliphatic heterocycles. The second-order valence-corrected chi connectivity index (χ2v) is 4.76. The van der Waals surface area contributed by atoms with Gasteiger partial charge in [-0.1, -0.05) is 22.8 Å². The summed E-state index contributed by atoms with van der Waals surface area (Å²) in [6.07, 6.45) is 1.63. The van der Waals surface area contributed by atoms with E-state index in [1.165, 1.54) is 12.1 Å². The maximum atomic E-state index is 12.4. The van der Waals surface area contributed by atoms with Gasteiger partial charge in [-0.3, -0.25) is 4.79 Å². The standard InChI is InChI=1S/C12H13ClN4O2/c13-8-3-4-11(15-16-14)10(6-8)12(19)17-5-1-2-9(17)7-18/h3-4,6,9,18H,1-2,5,7H2/t9-/m0/s1. The zero-order valence-corrected chi connectivity index (χ0v) is 10.9. The van der Waals surface area contributed by atoms with Crippen LogP contribution < -0.4 is 0 Å². The van der Waals surface area contributed by atoms with E-state index in [-0.39, 0.29) is 29.8 Å². The van der Waals surface area contributed by atoms with Crippen molar-refractivity contribution in [2.45, 2.75) is 18.9 Å². The van der Waals surface area contributed by atoms with Gasteiger partial charge in [0.05, 0.1) is 23.9 Å². The van der Waals surface area contributed by atoms with Gasteiger partial charge in [-0.25, -0.2) is 0 Å². The number of amides is 1. The maximum absolute atomic E-state index is 12.4. The van der Waals surface area contributed by atoms with Crippen LogP contribution in [0.1, 0.15) is 23.2 Å². The molecule has 0 unspecified atom stereocenters. The van der Waals surface area contributed by atoms with Gasteiger partial charge in [0.15, 0.2) is 0 Å². The molecule has 1 aromatic rings. The van der Waals surface area contributed by atoms with Crippen LogP contribution in [-0.2, 0) is 0 Å². The molecule has 1 heterocycles. The monoisotopic (exact) mass is 280 g/mol. The zero-order valence-electron chi connectivity index (χ0n) is 10.2. The second kappa shape index (κ2) is 5.93. The van der Waals surface area contributed by atoms with E-state index in [0.29, 0.717) is 11.6 Å². The van der Waals surface area contributed by atoms with Crippen molar-refractivity contribution in [3.8, 4) is 0 Å². The highest BCUT2D eigenvalue weighted by Gasteiger charge is 2.29. The summed E-state index contributed by atoms with van der Waals surface area (Å²) in [5.74, 6) is -0.263. The minimum atomic E-state index is -0.263. The molecular weight excluding hydrogens is 268 g/mol. The Morgan fingerprint density at radius 2 is 2.42 bits per heavy atom. The maximum Gasteiger partial charge on any atom is 0.254 e. The van der Waals surface area contributed by atoms with Crippen molar-refractivity contribution in [2.24, 2.45) is 5.11 Å². The van der Waals surface area contributed by atoms with E-state index >= 15 is 0 Å². The Labute approximate surface area is 115 Å². The molecule has 19 heavy (non-hydrogen) atoms. The lowest BCUT2D eigenvalue weighted by Gasteiger charge is -2.23. The summed E-state index contributed by atoms with van der Waals surface area (Å²) in [6, 6.07) is 4.39. The quantitative estimate of drug-likeness (QED) is 0.524. The molecule has 1 amide bonds. The third-order valence-corrected chi connectivity index (χ3v) is 3.43. The summed E-state index contributed by atoms with van der Waals surface area (Å²) in [6.45, 7) is 0.523. The molecule has 1 saturated heterocycles. The van der Waals surface area contributed by atoms with Crippen LogP contribution in [0.2, 0.25) is 5.02 Å². The highest BCUT2D eigenvalue weighted by atomic mass is 35.5. The molecule has 1 fully saturated rings. The van der Waals surface area contributed by atoms with Gasteiger partial charge in [0.25, 0.3) is 5.91 Å². The minimum Gasteiger partial charge on any atom is -0.394 e. The van der Waals surface area contributed by atoms with Gasteiger partial charge in [-0.05, 0) is 30.5 Å². The third-order valence-electron chi connectivity index (χ3n) is 3.19. The van der Waals surface area contributed by atoms with Crippen LogP contribution in [0.15, 0.2) is 23.3 Å². The number of carbonyl (C=O) groups excluding carboxylic acids is 1. The van der Waals surface area contributed by atoms with Crippen LogP contribution in [0.5, 0.6) is 0 Å². The number of hydrogen-bond donors (Lipinski definition) is 1. The first-order valence-corrected chi connectivity index (χ1v) is 6.31. The number of azide groups is 1. The Balaban J connectivity index is 2.37. The molecule has 1 aromatic carbocycles. The lowest BCUT2D eigenvalue weighted by molar-refractivity contribution is 0.0678.